The number of carbonyl (C=O) groups excluding carboxylic acids is 1. The minimum atomic E-state index is -0.564. The van der Waals surface area contributed by atoms with E-state index in [0.717, 1.165) is 84.8 Å². The number of aromatic nitrogens is 4. The second-order valence-electron chi connectivity index (χ2n) is 12.0. The van der Waals surface area contributed by atoms with E-state index in [0.29, 0.717) is 5.52 Å². The number of anilines is 1. The Morgan fingerprint density at radius 2 is 1.75 bits per heavy atom. The summed E-state index contributed by atoms with van der Waals surface area (Å²) in [5.41, 5.74) is 12.6. The predicted octanol–water partition coefficient (Wildman–Crippen LogP) is 5.14. The molecule has 9 heteroatoms. The highest BCUT2D eigenvalue weighted by Crippen LogP contribution is 2.41. The van der Waals surface area contributed by atoms with Crippen molar-refractivity contribution in [1.29, 1.82) is 5.26 Å². The van der Waals surface area contributed by atoms with E-state index in [9.17, 15) is 10.1 Å². The number of pyridine rings is 2. The Kier molecular flexibility index (Phi) is 6.99. The largest absolute Gasteiger partial charge is 0.364 e. The zero-order valence-electron chi connectivity index (χ0n) is 24.6. The molecule has 5 heterocycles. The Labute approximate surface area is 256 Å². The van der Waals surface area contributed by atoms with Crippen LogP contribution in [0.1, 0.15) is 40.4 Å². The van der Waals surface area contributed by atoms with E-state index in [2.05, 4.69) is 67.2 Å². The Bertz CT molecular complexity index is 1920. The van der Waals surface area contributed by atoms with Crippen molar-refractivity contribution in [1.82, 2.24) is 24.8 Å². The van der Waals surface area contributed by atoms with Gasteiger partial charge < -0.3 is 10.6 Å². The summed E-state index contributed by atoms with van der Waals surface area (Å²) in [7, 11) is 0. The quantitative estimate of drug-likeness (QED) is 0.293. The van der Waals surface area contributed by atoms with Gasteiger partial charge in [0.2, 0.25) is 5.82 Å². The fraction of sp³-hybridized carbons (Fsp3) is 0.257. The molecule has 0 saturated carbocycles. The summed E-state index contributed by atoms with van der Waals surface area (Å²) in [6.45, 7) is 6.77. The molecule has 2 N–H and O–H groups in total. The first-order chi connectivity index (χ1) is 21.4. The smallest absolute Gasteiger partial charge is 0.267 e. The number of nitrogens with zero attached hydrogens (tertiary/aromatic N) is 7. The van der Waals surface area contributed by atoms with Gasteiger partial charge in [0.05, 0.1) is 11.2 Å². The molecule has 5 aromatic rings. The molecule has 2 aliphatic heterocycles. The van der Waals surface area contributed by atoms with Crippen molar-refractivity contribution in [2.75, 3.05) is 31.1 Å². The molecule has 0 aliphatic carbocycles. The maximum Gasteiger partial charge on any atom is 0.267 e. The fourth-order valence-corrected chi connectivity index (χ4v) is 6.75. The van der Waals surface area contributed by atoms with Gasteiger partial charge in [-0.3, -0.25) is 9.69 Å². The zero-order chi connectivity index (χ0) is 30.3. The topological polar surface area (TPSA) is 125 Å². The van der Waals surface area contributed by atoms with E-state index in [1.54, 1.807) is 12.3 Å². The molecule has 1 spiro atoms. The number of rotatable bonds is 6. The molecule has 2 saturated heterocycles. The van der Waals surface area contributed by atoms with Crippen LogP contribution < -0.4 is 10.6 Å². The van der Waals surface area contributed by atoms with E-state index >= 15 is 0 Å². The zero-order valence-corrected chi connectivity index (χ0v) is 24.6. The molecule has 0 unspecified atom stereocenters. The summed E-state index contributed by atoms with van der Waals surface area (Å²) >= 11 is 0. The van der Waals surface area contributed by atoms with E-state index in [1.807, 2.05) is 37.3 Å². The van der Waals surface area contributed by atoms with Crippen molar-refractivity contribution in [2.45, 2.75) is 26.3 Å². The third-order valence-electron chi connectivity index (χ3n) is 8.99. The molecule has 1 amide bonds. The molecule has 0 bridgehead atoms. The fourth-order valence-electron chi connectivity index (χ4n) is 6.75. The second-order valence-corrected chi connectivity index (χ2v) is 12.0. The third-order valence-corrected chi connectivity index (χ3v) is 8.99. The average molecular weight is 581 g/mol. The number of hydrogen-bond donors (Lipinski definition) is 1. The summed E-state index contributed by atoms with van der Waals surface area (Å²) in [5.74, 6) is 0.500. The van der Waals surface area contributed by atoms with Gasteiger partial charge in [0, 0.05) is 60.0 Å². The minimum Gasteiger partial charge on any atom is -0.364 e. The van der Waals surface area contributed by atoms with Crippen molar-refractivity contribution < 1.29 is 4.79 Å². The standard InChI is InChI=1S/C35H32N8O/c1-23-27-17-28(25-5-3-2-4-6-25)33(40-29(27)18-30(39-23)34(37)44)26-9-7-24(8-10-26)20-42-15-12-35(21-42)13-16-43(22-35)32-11-14-38-31(19-36)41-32/h2-11,14,17-18H,12-13,15-16,20-22H2,1H3,(H2,37,44)/t35-/m1/s1. The van der Waals surface area contributed by atoms with Crippen LogP contribution in [0.2, 0.25) is 0 Å². The summed E-state index contributed by atoms with van der Waals surface area (Å²) in [5, 5.41) is 10.1. The first-order valence-electron chi connectivity index (χ1n) is 14.9. The van der Waals surface area contributed by atoms with Gasteiger partial charge >= 0.3 is 0 Å². The maximum atomic E-state index is 11.9. The maximum absolute atomic E-state index is 11.9. The van der Waals surface area contributed by atoms with Crippen molar-refractivity contribution in [3.05, 3.63) is 102 Å². The Morgan fingerprint density at radius 3 is 2.52 bits per heavy atom. The van der Waals surface area contributed by atoms with Crippen LogP contribution in [0.15, 0.2) is 79.0 Å². The van der Waals surface area contributed by atoms with Crippen LogP contribution in [0, 0.1) is 23.7 Å². The molecular formula is C35H32N8O. The van der Waals surface area contributed by atoms with Gasteiger partial charge in [-0.1, -0.05) is 54.6 Å². The van der Waals surface area contributed by atoms with Crippen LogP contribution >= 0.6 is 0 Å². The SMILES string of the molecule is Cc1nc(C(N)=O)cc2nc(-c3ccc(CN4CC[C@@]5(CCN(c6ccnc(C#N)n6)C5)C4)cc3)c(-c3ccccc3)cc12. The number of aryl methyl sites for hydroxylation is 1. The number of likely N-dealkylation sites (tertiary alicyclic amines) is 1. The lowest BCUT2D eigenvalue weighted by atomic mass is 9.86. The number of nitriles is 1. The lowest BCUT2D eigenvalue weighted by Crippen LogP contribution is -2.31. The van der Waals surface area contributed by atoms with Crippen molar-refractivity contribution in [3.63, 3.8) is 0 Å². The van der Waals surface area contributed by atoms with Crippen LogP contribution in [0.5, 0.6) is 0 Å². The molecule has 2 aliphatic rings. The Hall–Kier alpha value is -5.20. The second kappa shape index (κ2) is 11.1. The number of fused-ring (bicyclic) bond motifs is 1. The predicted molar refractivity (Wildman–Crippen MR) is 170 cm³/mol. The van der Waals surface area contributed by atoms with Crippen LogP contribution in [-0.2, 0) is 6.54 Å². The van der Waals surface area contributed by atoms with Crippen LogP contribution in [-0.4, -0.2) is 56.9 Å². The molecule has 3 aromatic heterocycles. The van der Waals surface area contributed by atoms with E-state index in [-0.39, 0.29) is 16.9 Å². The van der Waals surface area contributed by atoms with Crippen LogP contribution in [0.3, 0.4) is 0 Å². The van der Waals surface area contributed by atoms with Crippen molar-refractivity contribution >= 4 is 22.6 Å². The van der Waals surface area contributed by atoms with Crippen LogP contribution in [0.4, 0.5) is 5.82 Å². The minimum absolute atomic E-state index is 0.217. The Morgan fingerprint density at radius 1 is 0.955 bits per heavy atom. The van der Waals surface area contributed by atoms with Gasteiger partial charge in [0.15, 0.2) is 0 Å². The normalized spacial score (nSPS) is 18.2. The average Bonchev–Trinajstić information content (AvgIpc) is 3.66. The Balaban J connectivity index is 1.12. The van der Waals surface area contributed by atoms with E-state index < -0.39 is 5.91 Å². The number of amides is 1. The summed E-state index contributed by atoms with van der Waals surface area (Å²) in [6, 6.07) is 26.6. The molecule has 2 aromatic carbocycles. The summed E-state index contributed by atoms with van der Waals surface area (Å²) in [6.07, 6.45) is 3.95. The highest BCUT2D eigenvalue weighted by Gasteiger charge is 2.43. The molecule has 0 radical (unpaired) electrons. The molecular weight excluding hydrogens is 548 g/mol. The van der Waals surface area contributed by atoms with Gasteiger partial charge in [0.25, 0.3) is 5.91 Å². The number of primary amides is 1. The molecule has 2 fully saturated rings. The van der Waals surface area contributed by atoms with Gasteiger partial charge in [-0.05, 0) is 55.6 Å². The molecule has 7 rings (SSSR count). The first-order valence-corrected chi connectivity index (χ1v) is 14.9. The number of hydrogen-bond acceptors (Lipinski definition) is 8. The summed E-state index contributed by atoms with van der Waals surface area (Å²) < 4.78 is 0. The number of benzene rings is 2. The van der Waals surface area contributed by atoms with E-state index in [4.69, 9.17) is 10.7 Å². The van der Waals surface area contributed by atoms with Crippen molar-refractivity contribution in [2.24, 2.45) is 11.1 Å². The summed E-state index contributed by atoms with van der Waals surface area (Å²) in [4.78, 5) is 34.7. The molecule has 44 heavy (non-hydrogen) atoms. The lowest BCUT2D eigenvalue weighted by Gasteiger charge is -2.25. The monoisotopic (exact) mass is 580 g/mol. The van der Waals surface area contributed by atoms with Gasteiger partial charge in [-0.2, -0.15) is 5.26 Å². The molecule has 9 nitrogen and oxygen atoms in total. The lowest BCUT2D eigenvalue weighted by molar-refractivity contribution is 0.0995. The highest BCUT2D eigenvalue weighted by atomic mass is 16.1. The number of nitrogens with two attached hydrogens (primary N) is 1. The van der Waals surface area contributed by atoms with Crippen LogP contribution in [0.25, 0.3) is 33.3 Å². The molecule has 218 valence electrons. The van der Waals surface area contributed by atoms with Gasteiger partial charge in [-0.25, -0.2) is 19.9 Å². The van der Waals surface area contributed by atoms with E-state index in [1.165, 1.54) is 5.56 Å². The first kappa shape index (κ1) is 27.6. The third kappa shape index (κ3) is 5.25. The van der Waals surface area contributed by atoms with Gasteiger partial charge in [0.1, 0.15) is 17.6 Å². The van der Waals surface area contributed by atoms with Crippen molar-refractivity contribution in [3.8, 4) is 28.5 Å². The van der Waals surface area contributed by atoms with Gasteiger partial charge in [-0.15, -0.1) is 0 Å². The number of carbonyl (C=O) groups is 1. The highest BCUT2D eigenvalue weighted by molar-refractivity contribution is 5.98. The molecule has 1 atom stereocenters.